The predicted octanol–water partition coefficient (Wildman–Crippen LogP) is -0.597. The summed E-state index contributed by atoms with van der Waals surface area (Å²) >= 11 is 3.36. The summed E-state index contributed by atoms with van der Waals surface area (Å²) in [5.41, 5.74) is 9.63. The van der Waals surface area contributed by atoms with Gasteiger partial charge in [0.05, 0.1) is 20.3 Å². The van der Waals surface area contributed by atoms with E-state index in [-0.39, 0.29) is 17.3 Å². The Labute approximate surface area is 162 Å². The number of carbonyl (C=O) groups excluding carboxylic acids is 1. The van der Waals surface area contributed by atoms with Gasteiger partial charge in [-0.25, -0.2) is 10.1 Å². The smallest absolute Gasteiger partial charge is 0.294 e. The monoisotopic (exact) mass is 434 g/mol. The number of quaternary nitrogens is 1. The topological polar surface area (TPSA) is 142 Å². The van der Waals surface area contributed by atoms with Crippen molar-refractivity contribution < 1.29 is 14.3 Å². The molecular weight excluding hydrogens is 418 g/mol. The fourth-order valence-corrected chi connectivity index (χ4v) is 2.51. The first kappa shape index (κ1) is 18.7. The number of nitrogen functional groups attached to an aromatic ring is 1. The van der Waals surface area contributed by atoms with Crippen molar-refractivity contribution in [2.24, 2.45) is 5.10 Å². The Kier molecular flexibility index (Phi) is 5.57. The Morgan fingerprint density at radius 3 is 2.74 bits per heavy atom. The van der Waals surface area contributed by atoms with Gasteiger partial charge in [0.25, 0.3) is 5.91 Å². The number of carbonyl (C=O) groups is 1. The highest BCUT2D eigenvalue weighted by Gasteiger charge is 2.25. The zero-order valence-corrected chi connectivity index (χ0v) is 16.1. The number of hydrazone groups is 1. The quantitative estimate of drug-likeness (QED) is 0.347. The molecule has 0 aliphatic heterocycles. The molecule has 2 aromatic heterocycles. The number of benzene rings is 1. The second-order valence-corrected chi connectivity index (χ2v) is 6.82. The van der Waals surface area contributed by atoms with E-state index >= 15 is 0 Å². The molecule has 0 bridgehead atoms. The molecule has 0 atom stereocenters. The van der Waals surface area contributed by atoms with Crippen LogP contribution in [0.3, 0.4) is 0 Å². The molecule has 12 heteroatoms. The number of aromatic nitrogens is 5. The van der Waals surface area contributed by atoms with Crippen LogP contribution >= 0.6 is 15.9 Å². The number of anilines is 1. The minimum Gasteiger partial charge on any atom is -0.378 e. The molecular formula is C15H17BrN9O2+. The van der Waals surface area contributed by atoms with Crippen molar-refractivity contribution in [1.29, 1.82) is 0 Å². The highest BCUT2D eigenvalue weighted by molar-refractivity contribution is 9.10. The van der Waals surface area contributed by atoms with Crippen LogP contribution in [0.1, 0.15) is 21.7 Å². The zero-order chi connectivity index (χ0) is 19.4. The molecule has 27 heavy (non-hydrogen) atoms. The molecule has 1 amide bonds. The molecule has 0 aliphatic rings. The third kappa shape index (κ3) is 4.35. The summed E-state index contributed by atoms with van der Waals surface area (Å²) in [6.07, 6.45) is 1.53. The van der Waals surface area contributed by atoms with Gasteiger partial charge >= 0.3 is 0 Å². The lowest BCUT2D eigenvalue weighted by Crippen LogP contribution is -3.04. The maximum Gasteiger partial charge on any atom is 0.294 e. The maximum absolute atomic E-state index is 12.5. The number of halogens is 1. The normalized spacial score (nSPS) is 11.4. The van der Waals surface area contributed by atoms with E-state index in [1.807, 2.05) is 38.4 Å². The molecule has 0 saturated heterocycles. The molecule has 4 N–H and O–H groups in total. The summed E-state index contributed by atoms with van der Waals surface area (Å²) in [6, 6.07) is 7.47. The molecule has 3 aromatic rings. The van der Waals surface area contributed by atoms with Crippen LogP contribution in [0.15, 0.2) is 38.5 Å². The first-order valence-electron chi connectivity index (χ1n) is 7.86. The molecule has 0 fully saturated rings. The van der Waals surface area contributed by atoms with Gasteiger partial charge in [0, 0.05) is 4.47 Å². The zero-order valence-electron chi connectivity index (χ0n) is 14.5. The summed E-state index contributed by atoms with van der Waals surface area (Å²) in [5.74, 6) is -0.271. The number of rotatable bonds is 6. The van der Waals surface area contributed by atoms with Crippen LogP contribution < -0.4 is 16.1 Å². The number of amides is 1. The number of nitrogens with two attached hydrogens (primary N) is 1. The molecule has 2 heterocycles. The molecule has 11 nitrogen and oxygen atoms in total. The third-order valence-electron chi connectivity index (χ3n) is 3.45. The van der Waals surface area contributed by atoms with Crippen LogP contribution in [0.5, 0.6) is 0 Å². The number of nitrogens with zero attached hydrogens (tertiary/aromatic N) is 6. The molecule has 0 aliphatic carbocycles. The van der Waals surface area contributed by atoms with Crippen molar-refractivity contribution in [3.63, 3.8) is 0 Å². The van der Waals surface area contributed by atoms with Gasteiger partial charge in [-0.15, -0.1) is 5.10 Å². The predicted molar refractivity (Wildman–Crippen MR) is 99.3 cm³/mol. The molecule has 0 radical (unpaired) electrons. The first-order valence-corrected chi connectivity index (χ1v) is 8.66. The highest BCUT2D eigenvalue weighted by atomic mass is 79.9. The van der Waals surface area contributed by atoms with E-state index in [4.69, 9.17) is 5.73 Å². The Morgan fingerprint density at radius 2 is 2.11 bits per heavy atom. The summed E-state index contributed by atoms with van der Waals surface area (Å²) in [5, 5.41) is 19.1. The molecule has 0 saturated carbocycles. The summed E-state index contributed by atoms with van der Waals surface area (Å²) in [7, 11) is 3.85. The average Bonchev–Trinajstić information content (AvgIpc) is 3.22. The van der Waals surface area contributed by atoms with Crippen molar-refractivity contribution in [2.45, 2.75) is 6.54 Å². The fraction of sp³-hybridized carbons (Fsp3) is 0.200. The minimum atomic E-state index is -0.499. The van der Waals surface area contributed by atoms with Crippen molar-refractivity contribution in [2.75, 3.05) is 19.8 Å². The number of nitrogens with one attached hydrogen (secondary N) is 2. The second-order valence-electron chi connectivity index (χ2n) is 5.90. The number of hydrogen-bond acceptors (Lipinski definition) is 8. The van der Waals surface area contributed by atoms with Gasteiger partial charge in [0.2, 0.25) is 11.6 Å². The van der Waals surface area contributed by atoms with Gasteiger partial charge in [-0.1, -0.05) is 33.3 Å². The Balaban J connectivity index is 1.82. The maximum atomic E-state index is 12.5. The first-order chi connectivity index (χ1) is 13.0. The lowest BCUT2D eigenvalue weighted by molar-refractivity contribution is -0.873. The van der Waals surface area contributed by atoms with Gasteiger partial charge in [-0.2, -0.15) is 9.78 Å². The van der Waals surface area contributed by atoms with E-state index in [2.05, 4.69) is 51.7 Å². The van der Waals surface area contributed by atoms with E-state index in [1.165, 1.54) is 10.9 Å². The molecule has 0 spiro atoms. The Bertz CT molecular complexity index is 962. The largest absolute Gasteiger partial charge is 0.378 e. The van der Waals surface area contributed by atoms with Gasteiger partial charge < -0.3 is 10.6 Å². The second kappa shape index (κ2) is 8.05. The SMILES string of the molecule is C[NH+](C)Cc1c(C(=O)N/N=C\c2ccc(Br)cc2)nnn1-c1nonc1N. The van der Waals surface area contributed by atoms with Gasteiger partial charge in [0.1, 0.15) is 12.2 Å². The lowest BCUT2D eigenvalue weighted by Gasteiger charge is -2.08. The van der Waals surface area contributed by atoms with E-state index in [9.17, 15) is 4.79 Å². The van der Waals surface area contributed by atoms with Gasteiger partial charge in [0.15, 0.2) is 5.69 Å². The lowest BCUT2D eigenvalue weighted by atomic mass is 10.2. The van der Waals surface area contributed by atoms with Crippen LogP contribution in [0.4, 0.5) is 5.82 Å². The molecule has 0 unspecified atom stereocenters. The molecule has 140 valence electrons. The van der Waals surface area contributed by atoms with Crippen LogP contribution in [0.25, 0.3) is 5.82 Å². The van der Waals surface area contributed by atoms with Crippen LogP contribution in [0.2, 0.25) is 0 Å². The van der Waals surface area contributed by atoms with Crippen molar-refractivity contribution in [1.82, 2.24) is 30.7 Å². The number of hydrogen-bond donors (Lipinski definition) is 3. The van der Waals surface area contributed by atoms with Crippen LogP contribution in [0, 0.1) is 0 Å². The van der Waals surface area contributed by atoms with Gasteiger partial charge in [-0.05, 0) is 28.0 Å². The van der Waals surface area contributed by atoms with E-state index in [0.29, 0.717) is 12.2 Å². The van der Waals surface area contributed by atoms with Crippen molar-refractivity contribution >= 4 is 33.9 Å². The van der Waals surface area contributed by atoms with Crippen LogP contribution in [-0.4, -0.2) is 51.5 Å². The molecule has 1 aromatic carbocycles. The summed E-state index contributed by atoms with van der Waals surface area (Å²) in [6.45, 7) is 0.443. The molecule has 3 rings (SSSR count). The third-order valence-corrected chi connectivity index (χ3v) is 3.97. The van der Waals surface area contributed by atoms with Crippen molar-refractivity contribution in [3.05, 3.63) is 45.7 Å². The summed E-state index contributed by atoms with van der Waals surface area (Å²) < 4.78 is 6.90. The van der Waals surface area contributed by atoms with E-state index in [0.717, 1.165) is 14.9 Å². The van der Waals surface area contributed by atoms with Gasteiger partial charge in [-0.3, -0.25) is 4.79 Å². The Morgan fingerprint density at radius 1 is 1.37 bits per heavy atom. The summed E-state index contributed by atoms with van der Waals surface area (Å²) in [4.78, 5) is 13.6. The van der Waals surface area contributed by atoms with E-state index in [1.54, 1.807) is 0 Å². The highest BCUT2D eigenvalue weighted by Crippen LogP contribution is 2.15. The Hall–Kier alpha value is -3.12. The minimum absolute atomic E-state index is 0.0510. The average molecular weight is 435 g/mol. The fourth-order valence-electron chi connectivity index (χ4n) is 2.25. The standard InChI is InChI=1S/C15H16BrN9O2/c1-24(2)8-11-12(19-23-25(11)14-13(17)21-27-22-14)15(26)20-18-7-9-3-5-10(16)6-4-9/h3-7H,8H2,1-2H3,(H2,17,21)(H,20,26)/p+1/b18-7-. The van der Waals surface area contributed by atoms with Crippen molar-refractivity contribution in [3.8, 4) is 5.82 Å². The van der Waals surface area contributed by atoms with E-state index < -0.39 is 5.91 Å². The van der Waals surface area contributed by atoms with Crippen LogP contribution in [-0.2, 0) is 6.54 Å².